The van der Waals surface area contributed by atoms with Crippen molar-refractivity contribution < 1.29 is 9.84 Å². The summed E-state index contributed by atoms with van der Waals surface area (Å²) in [5.41, 5.74) is 0. The highest BCUT2D eigenvalue weighted by Gasteiger charge is 2.22. The minimum atomic E-state index is -0.291. The molecule has 0 amide bonds. The van der Waals surface area contributed by atoms with Crippen LogP contribution in [0.5, 0.6) is 0 Å². The third-order valence-corrected chi connectivity index (χ3v) is 3.50. The van der Waals surface area contributed by atoms with Crippen molar-refractivity contribution in [3.63, 3.8) is 0 Å². The number of rotatable bonds is 12. The monoisotopic (exact) mass is 258 g/mol. The molecule has 1 N–H and O–H groups in total. The van der Waals surface area contributed by atoms with E-state index in [0.29, 0.717) is 12.5 Å². The Morgan fingerprint density at radius 3 is 1.94 bits per heavy atom. The Balaban J connectivity index is 3.58. The molecule has 0 saturated heterocycles. The molecule has 2 atom stereocenters. The van der Waals surface area contributed by atoms with Gasteiger partial charge in [-0.3, -0.25) is 0 Å². The number of hydrogen-bond acceptors (Lipinski definition) is 2. The van der Waals surface area contributed by atoms with Gasteiger partial charge in [-0.1, -0.05) is 65.7 Å². The van der Waals surface area contributed by atoms with Gasteiger partial charge in [0.1, 0.15) is 0 Å². The molecule has 0 aliphatic heterocycles. The largest absolute Gasteiger partial charge is 0.390 e. The molecule has 2 heteroatoms. The molecule has 0 aromatic rings. The Morgan fingerprint density at radius 2 is 1.44 bits per heavy atom. The SMILES string of the molecule is CCCCCCCCCC(O)C(OCC)C(C)C. The molecule has 0 saturated carbocycles. The summed E-state index contributed by atoms with van der Waals surface area (Å²) in [6, 6.07) is 0. The summed E-state index contributed by atoms with van der Waals surface area (Å²) in [5, 5.41) is 10.1. The van der Waals surface area contributed by atoms with E-state index in [9.17, 15) is 5.11 Å². The van der Waals surface area contributed by atoms with E-state index in [2.05, 4.69) is 20.8 Å². The molecule has 0 rings (SSSR count). The summed E-state index contributed by atoms with van der Waals surface area (Å²) in [5.74, 6) is 0.393. The van der Waals surface area contributed by atoms with E-state index in [1.54, 1.807) is 0 Å². The minimum Gasteiger partial charge on any atom is -0.390 e. The van der Waals surface area contributed by atoms with Gasteiger partial charge in [0.2, 0.25) is 0 Å². The predicted octanol–water partition coefficient (Wildman–Crippen LogP) is 4.55. The second-order valence-corrected chi connectivity index (χ2v) is 5.64. The molecule has 0 heterocycles. The van der Waals surface area contributed by atoms with Gasteiger partial charge < -0.3 is 9.84 Å². The van der Waals surface area contributed by atoms with E-state index in [4.69, 9.17) is 4.74 Å². The first-order valence-corrected chi connectivity index (χ1v) is 7.93. The zero-order valence-corrected chi connectivity index (χ0v) is 13.0. The Labute approximate surface area is 114 Å². The van der Waals surface area contributed by atoms with Gasteiger partial charge in [0.05, 0.1) is 12.2 Å². The molecule has 0 aliphatic carbocycles. The van der Waals surface area contributed by atoms with E-state index in [1.165, 1.54) is 38.5 Å². The molecule has 18 heavy (non-hydrogen) atoms. The summed E-state index contributed by atoms with van der Waals surface area (Å²) >= 11 is 0. The average molecular weight is 258 g/mol. The summed E-state index contributed by atoms with van der Waals surface area (Å²) in [7, 11) is 0. The highest BCUT2D eigenvalue weighted by atomic mass is 16.5. The van der Waals surface area contributed by atoms with Crippen LogP contribution in [0.15, 0.2) is 0 Å². The third kappa shape index (κ3) is 8.93. The first-order chi connectivity index (χ1) is 8.63. The molecule has 0 spiro atoms. The van der Waals surface area contributed by atoms with Crippen LogP contribution in [0.3, 0.4) is 0 Å². The summed E-state index contributed by atoms with van der Waals surface area (Å²) in [6.07, 6.45) is 9.68. The molecule has 0 radical (unpaired) electrons. The minimum absolute atomic E-state index is 0.00934. The van der Waals surface area contributed by atoms with Gasteiger partial charge >= 0.3 is 0 Å². The van der Waals surface area contributed by atoms with E-state index in [0.717, 1.165) is 12.8 Å². The van der Waals surface area contributed by atoms with Crippen LogP contribution in [0.2, 0.25) is 0 Å². The van der Waals surface area contributed by atoms with Crippen LogP contribution in [0.4, 0.5) is 0 Å². The van der Waals surface area contributed by atoms with Crippen molar-refractivity contribution in [3.8, 4) is 0 Å². The maximum absolute atomic E-state index is 10.1. The Morgan fingerprint density at radius 1 is 0.889 bits per heavy atom. The van der Waals surface area contributed by atoms with Crippen LogP contribution in [0.25, 0.3) is 0 Å². The van der Waals surface area contributed by atoms with Gasteiger partial charge in [0, 0.05) is 6.61 Å². The zero-order valence-electron chi connectivity index (χ0n) is 13.0. The number of hydrogen-bond donors (Lipinski definition) is 1. The lowest BCUT2D eigenvalue weighted by Crippen LogP contribution is -2.33. The molecule has 2 unspecified atom stereocenters. The van der Waals surface area contributed by atoms with Gasteiger partial charge in [0.15, 0.2) is 0 Å². The van der Waals surface area contributed by atoms with Crippen molar-refractivity contribution >= 4 is 0 Å². The number of ether oxygens (including phenoxy) is 1. The summed E-state index contributed by atoms with van der Waals surface area (Å²) < 4.78 is 5.63. The Hall–Kier alpha value is -0.0800. The molecule has 0 aromatic heterocycles. The first kappa shape index (κ1) is 17.9. The van der Waals surface area contributed by atoms with Crippen molar-refractivity contribution in [1.29, 1.82) is 0 Å². The van der Waals surface area contributed by atoms with Crippen molar-refractivity contribution in [2.45, 2.75) is 91.3 Å². The topological polar surface area (TPSA) is 29.5 Å². The number of aliphatic hydroxyl groups excluding tert-OH is 1. The van der Waals surface area contributed by atoms with Gasteiger partial charge in [0.25, 0.3) is 0 Å². The Bertz CT molecular complexity index is 168. The molecule has 2 nitrogen and oxygen atoms in total. The van der Waals surface area contributed by atoms with Gasteiger partial charge in [-0.25, -0.2) is 0 Å². The van der Waals surface area contributed by atoms with Crippen LogP contribution >= 0.6 is 0 Å². The smallest absolute Gasteiger partial charge is 0.0856 e. The summed E-state index contributed by atoms with van der Waals surface area (Å²) in [6.45, 7) is 9.17. The van der Waals surface area contributed by atoms with Gasteiger partial charge in [-0.15, -0.1) is 0 Å². The fraction of sp³-hybridized carbons (Fsp3) is 1.00. The molecule has 110 valence electrons. The number of aliphatic hydroxyl groups is 1. The lowest BCUT2D eigenvalue weighted by atomic mass is 9.97. The van der Waals surface area contributed by atoms with Crippen molar-refractivity contribution in [2.24, 2.45) is 5.92 Å². The van der Waals surface area contributed by atoms with Crippen LogP contribution < -0.4 is 0 Å². The maximum atomic E-state index is 10.1. The van der Waals surface area contributed by atoms with Crippen LogP contribution in [0, 0.1) is 5.92 Å². The van der Waals surface area contributed by atoms with Crippen LogP contribution in [-0.4, -0.2) is 23.9 Å². The molecular formula is C16H34O2. The second kappa shape index (κ2) is 12.0. The van der Waals surface area contributed by atoms with Crippen LogP contribution in [-0.2, 0) is 4.74 Å². The highest BCUT2D eigenvalue weighted by Crippen LogP contribution is 2.17. The quantitative estimate of drug-likeness (QED) is 0.520. The van der Waals surface area contributed by atoms with Crippen molar-refractivity contribution in [3.05, 3.63) is 0 Å². The third-order valence-electron chi connectivity index (χ3n) is 3.50. The summed E-state index contributed by atoms with van der Waals surface area (Å²) in [4.78, 5) is 0. The first-order valence-electron chi connectivity index (χ1n) is 7.93. The average Bonchev–Trinajstić information content (AvgIpc) is 2.34. The lowest BCUT2D eigenvalue weighted by molar-refractivity contribution is -0.0603. The highest BCUT2D eigenvalue weighted by molar-refractivity contribution is 4.72. The fourth-order valence-electron chi connectivity index (χ4n) is 2.42. The fourth-order valence-corrected chi connectivity index (χ4v) is 2.42. The van der Waals surface area contributed by atoms with Crippen molar-refractivity contribution in [2.75, 3.05) is 6.61 Å². The zero-order chi connectivity index (χ0) is 13.8. The van der Waals surface area contributed by atoms with Gasteiger partial charge in [-0.05, 0) is 19.3 Å². The molecular weight excluding hydrogens is 224 g/mol. The Kier molecular flexibility index (Phi) is 11.9. The lowest BCUT2D eigenvalue weighted by Gasteiger charge is -2.26. The van der Waals surface area contributed by atoms with Gasteiger partial charge in [-0.2, -0.15) is 0 Å². The standard InChI is InChI=1S/C16H34O2/c1-5-7-8-9-10-11-12-13-15(17)16(14(3)4)18-6-2/h14-17H,5-13H2,1-4H3. The molecule has 0 aromatic carbocycles. The predicted molar refractivity (Wildman–Crippen MR) is 78.9 cm³/mol. The van der Waals surface area contributed by atoms with E-state index >= 15 is 0 Å². The van der Waals surface area contributed by atoms with E-state index in [1.807, 2.05) is 6.92 Å². The normalized spacial score (nSPS) is 15.0. The van der Waals surface area contributed by atoms with E-state index in [-0.39, 0.29) is 12.2 Å². The molecule has 0 bridgehead atoms. The van der Waals surface area contributed by atoms with Crippen molar-refractivity contribution in [1.82, 2.24) is 0 Å². The van der Waals surface area contributed by atoms with E-state index < -0.39 is 0 Å². The van der Waals surface area contributed by atoms with Crippen LogP contribution in [0.1, 0.15) is 79.1 Å². The second-order valence-electron chi connectivity index (χ2n) is 5.64. The maximum Gasteiger partial charge on any atom is 0.0856 e. The molecule has 0 aliphatic rings. The number of unbranched alkanes of at least 4 members (excludes halogenated alkanes) is 6. The molecule has 0 fully saturated rings.